The van der Waals surface area contributed by atoms with Crippen molar-refractivity contribution in [3.05, 3.63) is 51.9 Å². The average Bonchev–Trinajstić information content (AvgIpc) is 2.41. The first-order valence-corrected chi connectivity index (χ1v) is 6.86. The molecule has 0 unspecified atom stereocenters. The van der Waals surface area contributed by atoms with Crippen LogP contribution in [0.3, 0.4) is 0 Å². The Morgan fingerprint density at radius 2 is 1.95 bits per heavy atom. The standard InChI is InChI=1S/C14H12FIN2O2/c15-9-1-6-13(12(17)7-9)18-14(19)8-20-11-4-2-10(16)3-5-11/h1-7H,8,17H2,(H,18,19). The first-order valence-electron chi connectivity index (χ1n) is 5.78. The summed E-state index contributed by atoms with van der Waals surface area (Å²) in [7, 11) is 0. The van der Waals surface area contributed by atoms with Crippen LogP contribution in [0.4, 0.5) is 15.8 Å². The van der Waals surface area contributed by atoms with Crippen LogP contribution >= 0.6 is 22.6 Å². The van der Waals surface area contributed by atoms with Crippen molar-refractivity contribution in [1.29, 1.82) is 0 Å². The number of ether oxygens (including phenoxy) is 1. The van der Waals surface area contributed by atoms with Crippen molar-refractivity contribution in [2.75, 3.05) is 17.7 Å². The highest BCUT2D eigenvalue weighted by Crippen LogP contribution is 2.19. The molecule has 0 atom stereocenters. The van der Waals surface area contributed by atoms with Crippen LogP contribution < -0.4 is 15.8 Å². The van der Waals surface area contributed by atoms with Gasteiger partial charge in [0.15, 0.2) is 6.61 Å². The second-order valence-electron chi connectivity index (χ2n) is 4.02. The van der Waals surface area contributed by atoms with Gasteiger partial charge in [-0.1, -0.05) is 0 Å². The van der Waals surface area contributed by atoms with Gasteiger partial charge in [0.05, 0.1) is 11.4 Å². The lowest BCUT2D eigenvalue weighted by molar-refractivity contribution is -0.118. The maximum Gasteiger partial charge on any atom is 0.262 e. The second kappa shape index (κ2) is 6.56. The lowest BCUT2D eigenvalue weighted by Crippen LogP contribution is -2.20. The van der Waals surface area contributed by atoms with E-state index in [1.54, 1.807) is 12.1 Å². The third kappa shape index (κ3) is 4.09. The quantitative estimate of drug-likeness (QED) is 0.627. The van der Waals surface area contributed by atoms with Crippen molar-refractivity contribution in [2.45, 2.75) is 0 Å². The van der Waals surface area contributed by atoms with Crippen LogP contribution in [-0.4, -0.2) is 12.5 Å². The zero-order valence-electron chi connectivity index (χ0n) is 10.4. The molecule has 0 bridgehead atoms. The zero-order chi connectivity index (χ0) is 14.5. The summed E-state index contributed by atoms with van der Waals surface area (Å²) in [5.74, 6) is -0.204. The summed E-state index contributed by atoms with van der Waals surface area (Å²) in [6.07, 6.45) is 0. The van der Waals surface area contributed by atoms with E-state index in [9.17, 15) is 9.18 Å². The molecular weight excluding hydrogens is 374 g/mol. The highest BCUT2D eigenvalue weighted by molar-refractivity contribution is 14.1. The fourth-order valence-electron chi connectivity index (χ4n) is 1.51. The third-order valence-corrected chi connectivity index (χ3v) is 3.19. The van der Waals surface area contributed by atoms with E-state index in [0.29, 0.717) is 11.4 Å². The van der Waals surface area contributed by atoms with Crippen molar-refractivity contribution in [3.63, 3.8) is 0 Å². The number of anilines is 2. The van der Waals surface area contributed by atoms with Gasteiger partial charge in [0, 0.05) is 3.57 Å². The van der Waals surface area contributed by atoms with E-state index in [0.717, 1.165) is 9.64 Å². The van der Waals surface area contributed by atoms with Gasteiger partial charge in [-0.3, -0.25) is 4.79 Å². The van der Waals surface area contributed by atoms with E-state index in [4.69, 9.17) is 10.5 Å². The number of halogens is 2. The Morgan fingerprint density at radius 1 is 1.25 bits per heavy atom. The summed E-state index contributed by atoms with van der Waals surface area (Å²) in [4.78, 5) is 11.7. The van der Waals surface area contributed by atoms with Crippen molar-refractivity contribution < 1.29 is 13.9 Å². The van der Waals surface area contributed by atoms with Crippen LogP contribution in [0, 0.1) is 9.39 Å². The normalized spacial score (nSPS) is 10.1. The van der Waals surface area contributed by atoms with E-state index < -0.39 is 5.82 Å². The predicted octanol–water partition coefficient (Wildman–Crippen LogP) is 3.03. The molecule has 104 valence electrons. The SMILES string of the molecule is Nc1cc(F)ccc1NC(=O)COc1ccc(I)cc1. The van der Waals surface area contributed by atoms with E-state index in [2.05, 4.69) is 27.9 Å². The molecule has 0 aliphatic carbocycles. The first kappa shape index (κ1) is 14.6. The van der Waals surface area contributed by atoms with Gasteiger partial charge in [0.1, 0.15) is 11.6 Å². The van der Waals surface area contributed by atoms with E-state index in [1.165, 1.54) is 12.1 Å². The lowest BCUT2D eigenvalue weighted by Gasteiger charge is -2.09. The fraction of sp³-hybridized carbons (Fsp3) is 0.0714. The van der Waals surface area contributed by atoms with Crippen molar-refractivity contribution in [2.24, 2.45) is 0 Å². The number of nitrogens with one attached hydrogen (secondary N) is 1. The number of rotatable bonds is 4. The first-order chi connectivity index (χ1) is 9.54. The molecule has 20 heavy (non-hydrogen) atoms. The Hall–Kier alpha value is -1.83. The molecule has 3 N–H and O–H groups in total. The molecule has 1 amide bonds. The van der Waals surface area contributed by atoms with E-state index in [1.807, 2.05) is 12.1 Å². The van der Waals surface area contributed by atoms with Gasteiger partial charge in [-0.15, -0.1) is 0 Å². The van der Waals surface area contributed by atoms with Gasteiger partial charge in [0.2, 0.25) is 0 Å². The second-order valence-corrected chi connectivity index (χ2v) is 5.27. The molecular formula is C14H12FIN2O2. The Bertz CT molecular complexity index is 617. The molecule has 0 heterocycles. The molecule has 2 aromatic rings. The van der Waals surface area contributed by atoms with Crippen molar-refractivity contribution >= 4 is 39.9 Å². The van der Waals surface area contributed by atoms with Crippen LogP contribution in [0.5, 0.6) is 5.75 Å². The Morgan fingerprint density at radius 3 is 2.60 bits per heavy atom. The number of benzene rings is 2. The van der Waals surface area contributed by atoms with Gasteiger partial charge >= 0.3 is 0 Å². The van der Waals surface area contributed by atoms with Crippen LogP contribution in [0.25, 0.3) is 0 Å². The van der Waals surface area contributed by atoms with Gasteiger partial charge in [-0.2, -0.15) is 0 Å². The van der Waals surface area contributed by atoms with Crippen LogP contribution in [0.15, 0.2) is 42.5 Å². The van der Waals surface area contributed by atoms with Gasteiger partial charge < -0.3 is 15.8 Å². The maximum atomic E-state index is 12.9. The molecule has 0 saturated heterocycles. The van der Waals surface area contributed by atoms with Gasteiger partial charge in [-0.25, -0.2) is 4.39 Å². The summed E-state index contributed by atoms with van der Waals surface area (Å²) in [6.45, 7) is -0.141. The lowest BCUT2D eigenvalue weighted by atomic mass is 10.2. The average molecular weight is 386 g/mol. The Balaban J connectivity index is 1.90. The number of nitrogen functional groups attached to an aromatic ring is 1. The molecule has 0 aliphatic heterocycles. The predicted molar refractivity (Wildman–Crippen MR) is 84.1 cm³/mol. The number of amides is 1. The molecule has 6 heteroatoms. The number of hydrogen-bond acceptors (Lipinski definition) is 3. The molecule has 0 spiro atoms. The molecule has 0 aromatic heterocycles. The molecule has 0 aliphatic rings. The monoisotopic (exact) mass is 386 g/mol. The summed E-state index contributed by atoms with van der Waals surface area (Å²) in [6, 6.07) is 11.1. The van der Waals surface area contributed by atoms with Crippen molar-refractivity contribution in [3.8, 4) is 5.75 Å². The zero-order valence-corrected chi connectivity index (χ0v) is 12.6. The maximum absolute atomic E-state index is 12.9. The highest BCUT2D eigenvalue weighted by Gasteiger charge is 2.07. The topological polar surface area (TPSA) is 64.3 Å². The van der Waals surface area contributed by atoms with Gasteiger partial charge in [0.25, 0.3) is 5.91 Å². The summed E-state index contributed by atoms with van der Waals surface area (Å²) in [5, 5.41) is 2.56. The van der Waals surface area contributed by atoms with E-state index in [-0.39, 0.29) is 18.2 Å². The molecule has 4 nitrogen and oxygen atoms in total. The molecule has 0 fully saturated rings. The Labute approximate surface area is 129 Å². The summed E-state index contributed by atoms with van der Waals surface area (Å²) >= 11 is 2.18. The van der Waals surface area contributed by atoms with Crippen LogP contribution in [0.2, 0.25) is 0 Å². The Kier molecular flexibility index (Phi) is 4.78. The minimum Gasteiger partial charge on any atom is -0.484 e. The number of carbonyl (C=O) groups excluding carboxylic acids is 1. The minimum absolute atomic E-state index is 0.141. The smallest absolute Gasteiger partial charge is 0.262 e. The number of hydrogen-bond donors (Lipinski definition) is 2. The van der Waals surface area contributed by atoms with Crippen LogP contribution in [0.1, 0.15) is 0 Å². The minimum atomic E-state index is -0.448. The molecule has 0 radical (unpaired) electrons. The highest BCUT2D eigenvalue weighted by atomic mass is 127. The molecule has 0 saturated carbocycles. The molecule has 2 rings (SSSR count). The fourth-order valence-corrected chi connectivity index (χ4v) is 1.87. The van der Waals surface area contributed by atoms with E-state index >= 15 is 0 Å². The summed E-state index contributed by atoms with van der Waals surface area (Å²) in [5.41, 5.74) is 6.13. The largest absolute Gasteiger partial charge is 0.484 e. The third-order valence-electron chi connectivity index (χ3n) is 2.47. The number of carbonyl (C=O) groups is 1. The number of nitrogens with two attached hydrogens (primary N) is 1. The summed E-state index contributed by atoms with van der Waals surface area (Å²) < 4.78 is 19.3. The molecule has 2 aromatic carbocycles. The van der Waals surface area contributed by atoms with Gasteiger partial charge in [-0.05, 0) is 65.1 Å². The van der Waals surface area contributed by atoms with Crippen molar-refractivity contribution in [1.82, 2.24) is 0 Å². The van der Waals surface area contributed by atoms with Crippen LogP contribution in [-0.2, 0) is 4.79 Å².